The predicted octanol–water partition coefficient (Wildman–Crippen LogP) is 3.06. The lowest BCUT2D eigenvalue weighted by Crippen LogP contribution is -2.26. The Bertz CT molecular complexity index is 894. The minimum atomic E-state index is -0.314. The molecule has 0 atom stereocenters. The minimum Gasteiger partial charge on any atom is -0.317 e. The molecule has 4 rings (SSSR count). The molecule has 2 heterocycles. The number of hydrogen-bond donors (Lipinski definition) is 2. The van der Waals surface area contributed by atoms with Crippen LogP contribution in [0, 0.1) is 0 Å². The summed E-state index contributed by atoms with van der Waals surface area (Å²) in [5, 5.41) is 5.77. The number of H-pyrrole nitrogens is 1. The van der Waals surface area contributed by atoms with Crippen LogP contribution in [0.1, 0.15) is 24.3 Å². The highest BCUT2D eigenvalue weighted by molar-refractivity contribution is 5.96. The first-order chi connectivity index (χ1) is 11.3. The molecular weight excluding hydrogens is 286 g/mol. The molecule has 1 aromatic heterocycles. The molecule has 0 aliphatic carbocycles. The Morgan fingerprint density at radius 3 is 2.74 bits per heavy atom. The first-order valence-electron chi connectivity index (χ1n) is 8.11. The number of rotatable bonds is 2. The average molecular weight is 305 g/mol. The lowest BCUT2D eigenvalue weighted by Gasteiger charge is -2.23. The summed E-state index contributed by atoms with van der Waals surface area (Å²) >= 11 is 0. The van der Waals surface area contributed by atoms with Crippen LogP contribution in [0.3, 0.4) is 0 Å². The van der Waals surface area contributed by atoms with E-state index < -0.39 is 0 Å². The summed E-state index contributed by atoms with van der Waals surface area (Å²) < 4.78 is 0. The van der Waals surface area contributed by atoms with Crippen molar-refractivity contribution in [3.63, 3.8) is 0 Å². The summed E-state index contributed by atoms with van der Waals surface area (Å²) in [5.74, 6) is 0.641. The Morgan fingerprint density at radius 2 is 1.91 bits per heavy atom. The molecule has 116 valence electrons. The lowest BCUT2D eigenvalue weighted by molar-refractivity contribution is 0.460. The van der Waals surface area contributed by atoms with E-state index in [1.165, 1.54) is 23.8 Å². The van der Waals surface area contributed by atoms with Gasteiger partial charge >= 0.3 is 5.69 Å². The zero-order chi connectivity index (χ0) is 15.6. The van der Waals surface area contributed by atoms with Crippen molar-refractivity contribution in [3.05, 3.63) is 64.7 Å². The van der Waals surface area contributed by atoms with Gasteiger partial charge in [0.05, 0.1) is 5.69 Å². The zero-order valence-electron chi connectivity index (χ0n) is 12.9. The Kier molecular flexibility index (Phi) is 3.67. The number of fused-ring (bicyclic) bond motifs is 1. The molecule has 3 aromatic rings. The first-order valence-corrected chi connectivity index (χ1v) is 8.11. The van der Waals surface area contributed by atoms with Gasteiger partial charge in [-0.1, -0.05) is 36.4 Å². The van der Waals surface area contributed by atoms with Crippen LogP contribution in [-0.4, -0.2) is 23.1 Å². The molecule has 23 heavy (non-hydrogen) atoms. The quantitative estimate of drug-likeness (QED) is 0.765. The van der Waals surface area contributed by atoms with Crippen LogP contribution in [0.4, 0.5) is 0 Å². The molecule has 1 saturated heterocycles. The van der Waals surface area contributed by atoms with Crippen molar-refractivity contribution in [3.8, 4) is 11.3 Å². The topological polar surface area (TPSA) is 57.8 Å². The fourth-order valence-corrected chi connectivity index (χ4v) is 3.46. The highest BCUT2D eigenvalue weighted by Gasteiger charge is 2.16. The third kappa shape index (κ3) is 2.78. The maximum Gasteiger partial charge on any atom is 0.345 e. The molecular formula is C19H19N3O. The Hall–Kier alpha value is -2.46. The third-order valence-electron chi connectivity index (χ3n) is 4.66. The average Bonchev–Trinajstić information content (AvgIpc) is 2.61. The van der Waals surface area contributed by atoms with Crippen LogP contribution in [0.15, 0.2) is 53.5 Å². The minimum absolute atomic E-state index is 0.314. The second kappa shape index (κ2) is 5.97. The highest BCUT2D eigenvalue weighted by atomic mass is 16.1. The number of hydrogen-bond acceptors (Lipinski definition) is 3. The van der Waals surface area contributed by atoms with Crippen LogP contribution in [-0.2, 0) is 0 Å². The van der Waals surface area contributed by atoms with Crippen LogP contribution in [0.5, 0.6) is 0 Å². The van der Waals surface area contributed by atoms with Gasteiger partial charge in [-0.2, -0.15) is 4.98 Å². The number of nitrogens with one attached hydrogen (secondary N) is 2. The Morgan fingerprint density at radius 1 is 1.04 bits per heavy atom. The van der Waals surface area contributed by atoms with Gasteiger partial charge in [0.25, 0.3) is 0 Å². The number of aromatic nitrogens is 2. The number of piperidine rings is 1. The largest absolute Gasteiger partial charge is 0.345 e. The van der Waals surface area contributed by atoms with E-state index in [-0.39, 0.29) is 5.69 Å². The fraction of sp³-hybridized carbons (Fsp3) is 0.263. The Balaban J connectivity index is 1.80. The molecule has 0 spiro atoms. The normalized spacial score (nSPS) is 15.8. The predicted molar refractivity (Wildman–Crippen MR) is 92.6 cm³/mol. The summed E-state index contributed by atoms with van der Waals surface area (Å²) in [5.41, 5.74) is 2.82. The summed E-state index contributed by atoms with van der Waals surface area (Å²) in [7, 11) is 0. The zero-order valence-corrected chi connectivity index (χ0v) is 12.9. The summed E-state index contributed by atoms with van der Waals surface area (Å²) in [6.07, 6.45) is 4.04. The SMILES string of the molecule is O=c1nc(-c2cccc3cc(C4CCNCC4)ccc23)cc[nH]1. The second-order valence-corrected chi connectivity index (χ2v) is 6.09. The standard InChI is InChI=1S/C19H19N3O/c23-19-21-11-8-18(22-19)17-3-1-2-15-12-14(4-5-16(15)17)13-6-9-20-10-7-13/h1-5,8,11-13,20H,6-7,9-10H2,(H,21,22,23). The molecule has 2 N–H and O–H groups in total. The molecule has 0 saturated carbocycles. The summed E-state index contributed by atoms with van der Waals surface area (Å²) in [4.78, 5) is 18.1. The van der Waals surface area contributed by atoms with E-state index in [2.05, 4.69) is 39.6 Å². The first kappa shape index (κ1) is 14.2. The van der Waals surface area contributed by atoms with Crippen LogP contribution >= 0.6 is 0 Å². The molecule has 1 fully saturated rings. The van der Waals surface area contributed by atoms with Crippen molar-refractivity contribution in [1.29, 1.82) is 0 Å². The van der Waals surface area contributed by atoms with E-state index in [0.717, 1.165) is 24.0 Å². The van der Waals surface area contributed by atoms with E-state index in [4.69, 9.17) is 0 Å². The molecule has 0 radical (unpaired) electrons. The monoisotopic (exact) mass is 305 g/mol. The fourth-order valence-electron chi connectivity index (χ4n) is 3.46. The molecule has 0 unspecified atom stereocenters. The molecule has 0 bridgehead atoms. The van der Waals surface area contributed by atoms with Gasteiger partial charge in [0.1, 0.15) is 0 Å². The molecule has 0 amide bonds. The number of nitrogens with zero attached hydrogens (tertiary/aromatic N) is 1. The van der Waals surface area contributed by atoms with Crippen LogP contribution < -0.4 is 11.0 Å². The van der Waals surface area contributed by atoms with Gasteiger partial charge in [-0.3, -0.25) is 0 Å². The molecule has 1 aliphatic rings. The van der Waals surface area contributed by atoms with Crippen LogP contribution in [0.25, 0.3) is 22.0 Å². The van der Waals surface area contributed by atoms with Crippen molar-refractivity contribution in [1.82, 2.24) is 15.3 Å². The van der Waals surface area contributed by atoms with E-state index in [9.17, 15) is 4.79 Å². The van der Waals surface area contributed by atoms with E-state index in [1.54, 1.807) is 6.20 Å². The summed E-state index contributed by atoms with van der Waals surface area (Å²) in [6, 6.07) is 14.7. The number of aromatic amines is 1. The van der Waals surface area contributed by atoms with Gasteiger partial charge in [0, 0.05) is 11.8 Å². The van der Waals surface area contributed by atoms with Gasteiger partial charge in [-0.05, 0) is 54.3 Å². The van der Waals surface area contributed by atoms with Gasteiger partial charge in [0.15, 0.2) is 0 Å². The van der Waals surface area contributed by atoms with Gasteiger partial charge in [0.2, 0.25) is 0 Å². The van der Waals surface area contributed by atoms with E-state index in [0.29, 0.717) is 11.6 Å². The van der Waals surface area contributed by atoms with Gasteiger partial charge in [-0.25, -0.2) is 4.79 Å². The lowest BCUT2D eigenvalue weighted by atomic mass is 9.88. The van der Waals surface area contributed by atoms with Crippen molar-refractivity contribution in [2.24, 2.45) is 0 Å². The highest BCUT2D eigenvalue weighted by Crippen LogP contribution is 2.31. The maximum atomic E-state index is 11.5. The molecule has 4 heteroatoms. The van der Waals surface area contributed by atoms with Crippen molar-refractivity contribution in [2.75, 3.05) is 13.1 Å². The van der Waals surface area contributed by atoms with Crippen LogP contribution in [0.2, 0.25) is 0 Å². The van der Waals surface area contributed by atoms with Gasteiger partial charge in [-0.15, -0.1) is 0 Å². The van der Waals surface area contributed by atoms with E-state index >= 15 is 0 Å². The summed E-state index contributed by atoms with van der Waals surface area (Å²) in [6.45, 7) is 2.19. The van der Waals surface area contributed by atoms with Gasteiger partial charge < -0.3 is 10.3 Å². The number of benzene rings is 2. The van der Waals surface area contributed by atoms with Crippen molar-refractivity contribution >= 4 is 10.8 Å². The molecule has 2 aromatic carbocycles. The molecule has 1 aliphatic heterocycles. The Labute approximate surface area is 134 Å². The van der Waals surface area contributed by atoms with Crippen molar-refractivity contribution in [2.45, 2.75) is 18.8 Å². The molecule has 4 nitrogen and oxygen atoms in total. The smallest absolute Gasteiger partial charge is 0.317 e. The maximum absolute atomic E-state index is 11.5. The van der Waals surface area contributed by atoms with E-state index in [1.807, 2.05) is 18.2 Å². The van der Waals surface area contributed by atoms with Crippen molar-refractivity contribution < 1.29 is 0 Å². The third-order valence-corrected chi connectivity index (χ3v) is 4.66. The second-order valence-electron chi connectivity index (χ2n) is 6.09.